The molecule has 1 aromatic carbocycles. The molecular weight excluding hydrogens is 235 g/mol. The predicted octanol–water partition coefficient (Wildman–Crippen LogP) is 2.72. The van der Waals surface area contributed by atoms with E-state index in [1.165, 1.54) is 4.57 Å². The second kappa shape index (κ2) is 3.83. The van der Waals surface area contributed by atoms with E-state index >= 15 is 0 Å². The average molecular weight is 243 g/mol. The highest BCUT2D eigenvalue weighted by Crippen LogP contribution is 2.16. The van der Waals surface area contributed by atoms with Gasteiger partial charge in [0.25, 0.3) is 5.56 Å². The van der Waals surface area contributed by atoms with E-state index in [1.807, 2.05) is 6.92 Å². The molecule has 15 heavy (non-hydrogen) atoms. The van der Waals surface area contributed by atoms with Crippen LogP contribution in [0.5, 0.6) is 0 Å². The van der Waals surface area contributed by atoms with Gasteiger partial charge in [0.2, 0.25) is 5.28 Å². The molecule has 0 aliphatic rings. The molecular formula is C10H8Cl2N2O. The van der Waals surface area contributed by atoms with Gasteiger partial charge in [-0.1, -0.05) is 11.6 Å². The molecule has 78 valence electrons. The highest BCUT2D eigenvalue weighted by molar-refractivity contribution is 6.31. The Morgan fingerprint density at radius 2 is 2.13 bits per heavy atom. The lowest BCUT2D eigenvalue weighted by Gasteiger charge is -2.06. The third-order valence-electron chi connectivity index (χ3n) is 2.19. The standard InChI is InChI=1S/C10H8Cl2N2O/c1-2-14-9(15)7-5-6(11)3-4-8(7)13-10(14)12/h3-5H,2H2,1H3. The molecule has 5 heteroatoms. The van der Waals surface area contributed by atoms with Crippen molar-refractivity contribution in [2.45, 2.75) is 13.5 Å². The summed E-state index contributed by atoms with van der Waals surface area (Å²) in [5.41, 5.74) is 0.411. The number of nitrogens with zero attached hydrogens (tertiary/aromatic N) is 2. The van der Waals surface area contributed by atoms with Crippen LogP contribution in [0.2, 0.25) is 10.3 Å². The van der Waals surface area contributed by atoms with E-state index in [9.17, 15) is 4.79 Å². The first-order chi connectivity index (χ1) is 7.13. The minimum atomic E-state index is -0.157. The van der Waals surface area contributed by atoms with Crippen LogP contribution in [0.15, 0.2) is 23.0 Å². The fourth-order valence-corrected chi connectivity index (χ4v) is 1.90. The third-order valence-corrected chi connectivity index (χ3v) is 2.71. The van der Waals surface area contributed by atoms with Crippen LogP contribution in [-0.2, 0) is 6.54 Å². The molecule has 1 heterocycles. The molecule has 0 saturated carbocycles. The Bertz CT molecular complexity index is 577. The van der Waals surface area contributed by atoms with E-state index in [2.05, 4.69) is 4.98 Å². The number of benzene rings is 1. The van der Waals surface area contributed by atoms with Crippen LogP contribution < -0.4 is 5.56 Å². The molecule has 0 spiro atoms. The van der Waals surface area contributed by atoms with E-state index in [0.29, 0.717) is 22.5 Å². The zero-order valence-corrected chi connectivity index (χ0v) is 9.51. The van der Waals surface area contributed by atoms with Crippen molar-refractivity contribution in [1.29, 1.82) is 0 Å². The summed E-state index contributed by atoms with van der Waals surface area (Å²) in [6.07, 6.45) is 0. The molecule has 0 fully saturated rings. The third kappa shape index (κ3) is 1.73. The smallest absolute Gasteiger partial charge is 0.262 e. The van der Waals surface area contributed by atoms with Gasteiger partial charge in [0.05, 0.1) is 10.9 Å². The Balaban J connectivity index is 2.92. The van der Waals surface area contributed by atoms with Crippen LogP contribution in [-0.4, -0.2) is 9.55 Å². The summed E-state index contributed by atoms with van der Waals surface area (Å²) in [5, 5.41) is 1.22. The van der Waals surface area contributed by atoms with Crippen LogP contribution >= 0.6 is 23.2 Å². The number of rotatable bonds is 1. The Morgan fingerprint density at radius 3 is 2.80 bits per heavy atom. The highest BCUT2D eigenvalue weighted by Gasteiger charge is 2.07. The highest BCUT2D eigenvalue weighted by atomic mass is 35.5. The van der Waals surface area contributed by atoms with E-state index in [-0.39, 0.29) is 10.8 Å². The van der Waals surface area contributed by atoms with Gasteiger partial charge in [0, 0.05) is 11.6 Å². The molecule has 2 aromatic rings. The summed E-state index contributed by atoms with van der Waals surface area (Å²) in [6, 6.07) is 4.97. The van der Waals surface area contributed by atoms with Crippen LogP contribution in [0.25, 0.3) is 10.9 Å². The summed E-state index contributed by atoms with van der Waals surface area (Å²) in [6.45, 7) is 2.33. The zero-order chi connectivity index (χ0) is 11.0. The summed E-state index contributed by atoms with van der Waals surface area (Å²) in [7, 11) is 0. The van der Waals surface area contributed by atoms with Gasteiger partial charge >= 0.3 is 0 Å². The number of hydrogen-bond donors (Lipinski definition) is 0. The summed E-state index contributed by atoms with van der Waals surface area (Å²) < 4.78 is 1.40. The molecule has 0 aliphatic heterocycles. The molecule has 0 aliphatic carbocycles. The summed E-state index contributed by atoms with van der Waals surface area (Å²) in [4.78, 5) is 16.0. The Labute approximate surface area is 96.3 Å². The zero-order valence-electron chi connectivity index (χ0n) is 8.00. The van der Waals surface area contributed by atoms with Crippen LogP contribution in [0.4, 0.5) is 0 Å². The van der Waals surface area contributed by atoms with Gasteiger partial charge in [0.15, 0.2) is 0 Å². The van der Waals surface area contributed by atoms with Crippen LogP contribution in [0, 0.1) is 0 Å². The Kier molecular flexibility index (Phi) is 2.67. The molecule has 3 nitrogen and oxygen atoms in total. The van der Waals surface area contributed by atoms with Crippen molar-refractivity contribution in [3.63, 3.8) is 0 Å². The average Bonchev–Trinajstić information content (AvgIpc) is 2.20. The monoisotopic (exact) mass is 242 g/mol. The first kappa shape index (κ1) is 10.5. The van der Waals surface area contributed by atoms with Gasteiger partial charge in [-0.15, -0.1) is 0 Å². The first-order valence-electron chi connectivity index (χ1n) is 4.49. The van der Waals surface area contributed by atoms with E-state index in [1.54, 1.807) is 18.2 Å². The van der Waals surface area contributed by atoms with Crippen molar-refractivity contribution in [3.05, 3.63) is 38.9 Å². The fraction of sp³-hybridized carbons (Fsp3) is 0.200. The van der Waals surface area contributed by atoms with E-state index in [0.717, 1.165) is 0 Å². The molecule has 0 atom stereocenters. The first-order valence-corrected chi connectivity index (χ1v) is 5.24. The second-order valence-corrected chi connectivity index (χ2v) is 3.87. The van der Waals surface area contributed by atoms with Crippen molar-refractivity contribution in [3.8, 4) is 0 Å². The van der Waals surface area contributed by atoms with Gasteiger partial charge in [-0.3, -0.25) is 9.36 Å². The molecule has 1 aromatic heterocycles. The lowest BCUT2D eigenvalue weighted by atomic mass is 10.2. The normalized spacial score (nSPS) is 10.9. The molecule has 0 radical (unpaired) electrons. The maximum absolute atomic E-state index is 11.9. The largest absolute Gasteiger partial charge is 0.283 e. The van der Waals surface area contributed by atoms with Gasteiger partial charge in [-0.2, -0.15) is 0 Å². The summed E-state index contributed by atoms with van der Waals surface area (Å²) >= 11 is 11.7. The van der Waals surface area contributed by atoms with Crippen LogP contribution in [0.1, 0.15) is 6.92 Å². The van der Waals surface area contributed by atoms with Gasteiger partial charge in [0.1, 0.15) is 0 Å². The van der Waals surface area contributed by atoms with Crippen molar-refractivity contribution in [2.24, 2.45) is 0 Å². The molecule has 0 N–H and O–H groups in total. The van der Waals surface area contributed by atoms with Gasteiger partial charge in [-0.05, 0) is 36.7 Å². The number of fused-ring (bicyclic) bond motifs is 1. The number of aromatic nitrogens is 2. The number of halogens is 2. The maximum atomic E-state index is 11.9. The minimum absolute atomic E-state index is 0.157. The number of hydrogen-bond acceptors (Lipinski definition) is 2. The van der Waals surface area contributed by atoms with E-state index in [4.69, 9.17) is 23.2 Å². The SMILES string of the molecule is CCn1c(Cl)nc2ccc(Cl)cc2c1=O. The summed E-state index contributed by atoms with van der Waals surface area (Å²) in [5.74, 6) is 0. The van der Waals surface area contributed by atoms with Crippen molar-refractivity contribution >= 4 is 34.1 Å². The maximum Gasteiger partial charge on any atom is 0.262 e. The minimum Gasteiger partial charge on any atom is -0.283 e. The lowest BCUT2D eigenvalue weighted by Crippen LogP contribution is -2.21. The lowest BCUT2D eigenvalue weighted by molar-refractivity contribution is 0.719. The van der Waals surface area contributed by atoms with Gasteiger partial charge in [-0.25, -0.2) is 4.98 Å². The van der Waals surface area contributed by atoms with Crippen LogP contribution in [0.3, 0.4) is 0 Å². The van der Waals surface area contributed by atoms with Crippen molar-refractivity contribution in [2.75, 3.05) is 0 Å². The van der Waals surface area contributed by atoms with Crippen molar-refractivity contribution < 1.29 is 0 Å². The molecule has 0 unspecified atom stereocenters. The Hall–Kier alpha value is -1.06. The molecule has 0 bridgehead atoms. The quantitative estimate of drug-likeness (QED) is 0.722. The topological polar surface area (TPSA) is 34.9 Å². The second-order valence-electron chi connectivity index (χ2n) is 3.09. The Morgan fingerprint density at radius 1 is 1.40 bits per heavy atom. The van der Waals surface area contributed by atoms with Gasteiger partial charge < -0.3 is 0 Å². The van der Waals surface area contributed by atoms with Crippen molar-refractivity contribution in [1.82, 2.24) is 9.55 Å². The molecule has 2 rings (SSSR count). The van der Waals surface area contributed by atoms with E-state index < -0.39 is 0 Å². The predicted molar refractivity (Wildman–Crippen MR) is 61.7 cm³/mol. The molecule has 0 amide bonds. The molecule has 0 saturated heterocycles. The fourth-order valence-electron chi connectivity index (χ4n) is 1.44.